The lowest BCUT2D eigenvalue weighted by Gasteiger charge is -2.15. The van der Waals surface area contributed by atoms with Crippen LogP contribution >= 0.6 is 0 Å². The summed E-state index contributed by atoms with van der Waals surface area (Å²) in [6.07, 6.45) is 9.88. The van der Waals surface area contributed by atoms with Crippen LogP contribution in [0.2, 0.25) is 0 Å². The molecular weight excluding hydrogens is 152 g/mol. The molecule has 2 unspecified atom stereocenters. The highest BCUT2D eigenvalue weighted by molar-refractivity contribution is 5.92. The molecule has 12 heavy (non-hydrogen) atoms. The number of hydrogen-bond donors (Lipinski definition) is 2. The van der Waals surface area contributed by atoms with Gasteiger partial charge in [-0.05, 0) is 6.08 Å². The van der Waals surface area contributed by atoms with Crippen LogP contribution in [-0.2, 0) is 4.79 Å². The molecule has 1 amide bonds. The van der Waals surface area contributed by atoms with Crippen molar-refractivity contribution in [3.8, 4) is 0 Å². The number of hydrogen-bond acceptors (Lipinski definition) is 2. The molecule has 2 atom stereocenters. The Balaban J connectivity index is 2.21. The van der Waals surface area contributed by atoms with Crippen molar-refractivity contribution in [2.75, 3.05) is 0 Å². The van der Waals surface area contributed by atoms with E-state index in [0.29, 0.717) is 5.70 Å². The van der Waals surface area contributed by atoms with Crippen molar-refractivity contribution in [2.24, 2.45) is 11.7 Å². The van der Waals surface area contributed by atoms with E-state index in [1.54, 1.807) is 0 Å². The third-order valence-electron chi connectivity index (χ3n) is 2.12. The zero-order valence-corrected chi connectivity index (χ0v) is 6.53. The van der Waals surface area contributed by atoms with Gasteiger partial charge in [0.05, 0.1) is 11.7 Å². The maximum absolute atomic E-state index is 10.8. The minimum Gasteiger partial charge on any atom is -0.374 e. The first-order valence-electron chi connectivity index (χ1n) is 3.90. The van der Waals surface area contributed by atoms with Gasteiger partial charge in [0, 0.05) is 5.92 Å². The van der Waals surface area contributed by atoms with Crippen LogP contribution in [0, 0.1) is 5.92 Å². The van der Waals surface area contributed by atoms with Gasteiger partial charge in [0.2, 0.25) is 0 Å². The van der Waals surface area contributed by atoms with E-state index in [2.05, 4.69) is 5.32 Å². The van der Waals surface area contributed by atoms with E-state index in [1.807, 2.05) is 30.4 Å². The third kappa shape index (κ3) is 1.03. The minimum absolute atomic E-state index is 0.220. The molecule has 0 saturated carbocycles. The molecule has 2 aliphatic rings. The summed E-state index contributed by atoms with van der Waals surface area (Å²) in [6, 6.07) is 0.220. The molecule has 3 nitrogen and oxygen atoms in total. The fourth-order valence-electron chi connectivity index (χ4n) is 1.50. The second kappa shape index (κ2) is 2.52. The number of allylic oxidation sites excluding steroid dienone is 2. The van der Waals surface area contributed by atoms with Crippen LogP contribution in [0.4, 0.5) is 0 Å². The van der Waals surface area contributed by atoms with Gasteiger partial charge in [-0.2, -0.15) is 0 Å². The van der Waals surface area contributed by atoms with Gasteiger partial charge in [0.25, 0.3) is 5.91 Å². The molecule has 3 heteroatoms. The quantitative estimate of drug-likeness (QED) is 0.573. The van der Waals surface area contributed by atoms with Crippen LogP contribution in [0.25, 0.3) is 0 Å². The lowest BCUT2D eigenvalue weighted by Crippen LogP contribution is -2.30. The van der Waals surface area contributed by atoms with E-state index in [-0.39, 0.29) is 17.9 Å². The number of carbonyl (C=O) groups excluding carboxylic acids is 1. The Morgan fingerprint density at radius 2 is 2.17 bits per heavy atom. The molecule has 0 aromatic carbocycles. The second-order valence-corrected chi connectivity index (χ2v) is 2.96. The first kappa shape index (κ1) is 7.16. The maximum Gasteiger partial charge on any atom is 0.264 e. The Hall–Kier alpha value is -1.51. The summed E-state index contributed by atoms with van der Waals surface area (Å²) in [7, 11) is 0. The second-order valence-electron chi connectivity index (χ2n) is 2.96. The highest BCUT2D eigenvalue weighted by Crippen LogP contribution is 2.21. The van der Waals surface area contributed by atoms with Crippen LogP contribution in [-0.4, -0.2) is 11.9 Å². The Morgan fingerprint density at radius 1 is 1.42 bits per heavy atom. The van der Waals surface area contributed by atoms with Crippen LogP contribution < -0.4 is 11.1 Å². The van der Waals surface area contributed by atoms with Crippen LogP contribution in [0.3, 0.4) is 0 Å². The van der Waals surface area contributed by atoms with Gasteiger partial charge >= 0.3 is 0 Å². The summed E-state index contributed by atoms with van der Waals surface area (Å²) in [5.41, 5.74) is 5.66. The van der Waals surface area contributed by atoms with E-state index in [9.17, 15) is 4.79 Å². The molecular formula is C9H10N2O. The largest absolute Gasteiger partial charge is 0.374 e. The van der Waals surface area contributed by atoms with Crippen molar-refractivity contribution in [2.45, 2.75) is 6.04 Å². The van der Waals surface area contributed by atoms with Crippen molar-refractivity contribution < 1.29 is 4.79 Å². The van der Waals surface area contributed by atoms with E-state index < -0.39 is 0 Å². The Kier molecular flexibility index (Phi) is 1.50. The number of fused-ring (bicyclic) bond motifs is 1. The average Bonchev–Trinajstić information content (AvgIpc) is 2.46. The predicted molar refractivity (Wildman–Crippen MR) is 46.0 cm³/mol. The summed E-state index contributed by atoms with van der Waals surface area (Å²) in [5, 5.41) is 3.04. The molecule has 62 valence electrons. The normalized spacial score (nSPS) is 30.8. The predicted octanol–water partition coefficient (Wildman–Crippen LogP) is 0.0696. The van der Waals surface area contributed by atoms with Gasteiger partial charge < -0.3 is 11.1 Å². The molecule has 0 saturated heterocycles. The van der Waals surface area contributed by atoms with Crippen molar-refractivity contribution in [1.29, 1.82) is 0 Å². The van der Waals surface area contributed by atoms with Crippen molar-refractivity contribution in [3.05, 3.63) is 36.1 Å². The fraction of sp³-hybridized carbons (Fsp3) is 0.222. The molecule has 3 N–H and O–H groups in total. The summed E-state index contributed by atoms with van der Waals surface area (Å²) in [5.74, 6) is -0.0938. The molecule has 1 aliphatic heterocycles. The standard InChI is InChI=1S/C9H10N2O/c10-9(12)8-5-6-3-1-2-4-7(6)11-8/h1-7,11H,(H2,10,12). The first-order chi connectivity index (χ1) is 5.77. The van der Waals surface area contributed by atoms with Gasteiger partial charge in [-0.3, -0.25) is 4.79 Å². The first-order valence-corrected chi connectivity index (χ1v) is 3.90. The highest BCUT2D eigenvalue weighted by Gasteiger charge is 2.25. The molecule has 2 rings (SSSR count). The van der Waals surface area contributed by atoms with E-state index in [1.165, 1.54) is 0 Å². The lowest BCUT2D eigenvalue weighted by atomic mass is 9.98. The summed E-state index contributed by atoms with van der Waals surface area (Å²) >= 11 is 0. The molecule has 1 aliphatic carbocycles. The fourth-order valence-corrected chi connectivity index (χ4v) is 1.50. The summed E-state index contributed by atoms with van der Waals surface area (Å²) in [6.45, 7) is 0. The van der Waals surface area contributed by atoms with E-state index >= 15 is 0 Å². The van der Waals surface area contributed by atoms with Gasteiger partial charge in [-0.1, -0.05) is 24.3 Å². The lowest BCUT2D eigenvalue weighted by molar-refractivity contribution is -0.114. The zero-order chi connectivity index (χ0) is 8.55. The number of nitrogens with two attached hydrogens (primary N) is 1. The molecule has 0 fully saturated rings. The van der Waals surface area contributed by atoms with Gasteiger partial charge in [0.1, 0.15) is 0 Å². The SMILES string of the molecule is NC(=O)C1=CC2C=CC=CC2N1. The Morgan fingerprint density at radius 3 is 2.83 bits per heavy atom. The van der Waals surface area contributed by atoms with Crippen LogP contribution in [0.15, 0.2) is 36.1 Å². The highest BCUT2D eigenvalue weighted by atomic mass is 16.1. The number of nitrogens with one attached hydrogen (secondary N) is 1. The van der Waals surface area contributed by atoms with Crippen molar-refractivity contribution in [3.63, 3.8) is 0 Å². The molecule has 0 spiro atoms. The van der Waals surface area contributed by atoms with Crippen LogP contribution in [0.5, 0.6) is 0 Å². The van der Waals surface area contributed by atoms with Crippen molar-refractivity contribution in [1.82, 2.24) is 5.32 Å². The third-order valence-corrected chi connectivity index (χ3v) is 2.12. The van der Waals surface area contributed by atoms with E-state index in [0.717, 1.165) is 0 Å². The number of rotatable bonds is 1. The molecule has 0 aromatic heterocycles. The van der Waals surface area contributed by atoms with E-state index in [4.69, 9.17) is 5.73 Å². The Bertz CT molecular complexity index is 302. The summed E-state index contributed by atoms with van der Waals surface area (Å²) < 4.78 is 0. The topological polar surface area (TPSA) is 55.1 Å². The smallest absolute Gasteiger partial charge is 0.264 e. The average molecular weight is 162 g/mol. The molecule has 1 heterocycles. The number of carbonyl (C=O) groups is 1. The molecule has 0 radical (unpaired) electrons. The Labute approximate surface area is 70.6 Å². The minimum atomic E-state index is -0.383. The maximum atomic E-state index is 10.8. The summed E-state index contributed by atoms with van der Waals surface area (Å²) in [4.78, 5) is 10.8. The number of primary amides is 1. The zero-order valence-electron chi connectivity index (χ0n) is 6.53. The molecule has 0 bridgehead atoms. The van der Waals surface area contributed by atoms with Crippen molar-refractivity contribution >= 4 is 5.91 Å². The molecule has 0 aromatic rings. The van der Waals surface area contributed by atoms with Crippen LogP contribution in [0.1, 0.15) is 0 Å². The van der Waals surface area contributed by atoms with Gasteiger partial charge in [0.15, 0.2) is 0 Å². The van der Waals surface area contributed by atoms with Gasteiger partial charge in [-0.15, -0.1) is 0 Å². The number of amides is 1. The van der Waals surface area contributed by atoms with Gasteiger partial charge in [-0.25, -0.2) is 0 Å². The monoisotopic (exact) mass is 162 g/mol.